The van der Waals surface area contributed by atoms with Crippen molar-refractivity contribution in [2.75, 3.05) is 13.1 Å². The van der Waals surface area contributed by atoms with E-state index in [1.54, 1.807) is 51.1 Å². The topological polar surface area (TPSA) is 87.5 Å². The molecule has 0 aliphatic rings. The zero-order chi connectivity index (χ0) is 20.0. The molecule has 142 valence electrons. The van der Waals surface area contributed by atoms with E-state index >= 15 is 0 Å². The molecule has 2 aromatic rings. The maximum Gasteiger partial charge on any atom is 0.338 e. The van der Waals surface area contributed by atoms with Gasteiger partial charge in [0.05, 0.1) is 22.1 Å². The lowest BCUT2D eigenvalue weighted by molar-refractivity contribution is 0.0472. The molecule has 0 aliphatic carbocycles. The van der Waals surface area contributed by atoms with Crippen molar-refractivity contribution in [3.05, 3.63) is 64.7 Å². The van der Waals surface area contributed by atoms with Gasteiger partial charge in [-0.2, -0.15) is 9.57 Å². The molecule has 2 rings (SSSR count). The third-order valence-corrected chi connectivity index (χ3v) is 6.44. The second kappa shape index (κ2) is 8.80. The molecule has 0 N–H and O–H groups in total. The first-order chi connectivity index (χ1) is 12.8. The predicted molar refractivity (Wildman–Crippen MR) is 102 cm³/mol. The largest absolute Gasteiger partial charge is 0.457 e. The van der Waals surface area contributed by atoms with Gasteiger partial charge < -0.3 is 4.74 Å². The van der Waals surface area contributed by atoms with Crippen LogP contribution in [0.3, 0.4) is 0 Å². The number of benzene rings is 2. The van der Waals surface area contributed by atoms with Gasteiger partial charge in [-0.05, 0) is 30.7 Å². The Labute approximate surface area is 160 Å². The summed E-state index contributed by atoms with van der Waals surface area (Å²) in [4.78, 5) is 12.5. The quantitative estimate of drug-likeness (QED) is 0.682. The van der Waals surface area contributed by atoms with Crippen molar-refractivity contribution in [2.45, 2.75) is 32.3 Å². The fraction of sp³-hybridized carbons (Fsp3) is 0.300. The summed E-state index contributed by atoms with van der Waals surface area (Å²) >= 11 is 0. The molecule has 6 nitrogen and oxygen atoms in total. The number of nitrogens with zero attached hydrogens (tertiary/aromatic N) is 2. The van der Waals surface area contributed by atoms with Gasteiger partial charge in [-0.1, -0.05) is 38.1 Å². The van der Waals surface area contributed by atoms with Crippen molar-refractivity contribution >= 4 is 16.0 Å². The summed E-state index contributed by atoms with van der Waals surface area (Å²) in [5.74, 6) is -0.640. The van der Waals surface area contributed by atoms with Gasteiger partial charge in [-0.3, -0.25) is 0 Å². The zero-order valence-electron chi connectivity index (χ0n) is 15.6. The smallest absolute Gasteiger partial charge is 0.338 e. The molecule has 2 aromatic carbocycles. The maximum atomic E-state index is 12.8. The van der Waals surface area contributed by atoms with Crippen LogP contribution < -0.4 is 0 Å². The average Bonchev–Trinajstić information content (AvgIpc) is 2.67. The average molecular weight is 386 g/mol. The molecule has 0 aromatic heterocycles. The van der Waals surface area contributed by atoms with E-state index in [9.17, 15) is 13.2 Å². The highest BCUT2D eigenvalue weighted by molar-refractivity contribution is 7.89. The molecule has 0 saturated carbocycles. The summed E-state index contributed by atoms with van der Waals surface area (Å²) in [5.41, 5.74) is 1.74. The number of ether oxygens (including phenoxy) is 1. The molecule has 0 amide bonds. The van der Waals surface area contributed by atoms with Gasteiger partial charge in [-0.15, -0.1) is 0 Å². The Morgan fingerprint density at radius 1 is 1.15 bits per heavy atom. The summed E-state index contributed by atoms with van der Waals surface area (Å²) in [6.45, 7) is 5.85. The minimum atomic E-state index is -3.68. The van der Waals surface area contributed by atoms with Crippen LogP contribution in [0.2, 0.25) is 0 Å². The van der Waals surface area contributed by atoms with E-state index in [-0.39, 0.29) is 17.1 Å². The molecule has 0 heterocycles. The molecule has 0 bridgehead atoms. The Balaban J connectivity index is 2.27. The van der Waals surface area contributed by atoms with Gasteiger partial charge in [0.15, 0.2) is 0 Å². The van der Waals surface area contributed by atoms with Crippen LogP contribution in [0.15, 0.2) is 47.4 Å². The minimum absolute atomic E-state index is 0.0609. The summed E-state index contributed by atoms with van der Waals surface area (Å²) in [6, 6.07) is 13.4. The SMILES string of the molecule is CCN(CC)S(=O)(=O)c1cc(C(=O)OCc2ccccc2C#N)ccc1C. The number of carbonyl (C=O) groups excluding carboxylic acids is 1. The molecule has 0 atom stereocenters. The van der Waals surface area contributed by atoms with Crippen LogP contribution >= 0.6 is 0 Å². The van der Waals surface area contributed by atoms with Crippen LogP contribution in [0.4, 0.5) is 0 Å². The lowest BCUT2D eigenvalue weighted by Crippen LogP contribution is -2.31. The first-order valence-electron chi connectivity index (χ1n) is 8.61. The number of hydrogen-bond donors (Lipinski definition) is 0. The van der Waals surface area contributed by atoms with Crippen LogP contribution in [0.1, 0.15) is 40.9 Å². The van der Waals surface area contributed by atoms with Crippen molar-refractivity contribution in [1.29, 1.82) is 5.26 Å². The molecule has 0 radical (unpaired) electrons. The van der Waals surface area contributed by atoms with Crippen LogP contribution in [0, 0.1) is 18.3 Å². The lowest BCUT2D eigenvalue weighted by atomic mass is 10.1. The molecule has 0 unspecified atom stereocenters. The highest BCUT2D eigenvalue weighted by Crippen LogP contribution is 2.22. The van der Waals surface area contributed by atoms with Crippen LogP contribution in [0.25, 0.3) is 0 Å². The molecule has 0 saturated heterocycles. The van der Waals surface area contributed by atoms with E-state index in [4.69, 9.17) is 10.00 Å². The Morgan fingerprint density at radius 3 is 2.44 bits per heavy atom. The van der Waals surface area contributed by atoms with Gasteiger partial charge in [0.1, 0.15) is 6.61 Å². The Hall–Kier alpha value is -2.69. The van der Waals surface area contributed by atoms with Crippen molar-refractivity contribution < 1.29 is 17.9 Å². The van der Waals surface area contributed by atoms with Crippen molar-refractivity contribution in [3.8, 4) is 6.07 Å². The van der Waals surface area contributed by atoms with Crippen LogP contribution in [-0.2, 0) is 21.4 Å². The molecule has 0 fully saturated rings. The minimum Gasteiger partial charge on any atom is -0.457 e. The first-order valence-corrected chi connectivity index (χ1v) is 10.0. The number of carbonyl (C=O) groups is 1. The normalized spacial score (nSPS) is 11.2. The number of esters is 1. The molecule has 0 spiro atoms. The van der Waals surface area contributed by atoms with E-state index in [1.165, 1.54) is 16.4 Å². The second-order valence-electron chi connectivity index (χ2n) is 5.91. The molecular weight excluding hydrogens is 364 g/mol. The number of nitriles is 1. The Kier molecular flexibility index (Phi) is 6.72. The van der Waals surface area contributed by atoms with Gasteiger partial charge in [-0.25, -0.2) is 13.2 Å². The summed E-state index contributed by atoms with van der Waals surface area (Å²) in [6.07, 6.45) is 0. The van der Waals surface area contributed by atoms with E-state index in [2.05, 4.69) is 0 Å². The van der Waals surface area contributed by atoms with Crippen LogP contribution in [0.5, 0.6) is 0 Å². The predicted octanol–water partition coefficient (Wildman–Crippen LogP) is 3.25. The van der Waals surface area contributed by atoms with Crippen molar-refractivity contribution in [3.63, 3.8) is 0 Å². The maximum absolute atomic E-state index is 12.8. The van der Waals surface area contributed by atoms with Gasteiger partial charge >= 0.3 is 5.97 Å². The monoisotopic (exact) mass is 386 g/mol. The van der Waals surface area contributed by atoms with Crippen LogP contribution in [-0.4, -0.2) is 31.8 Å². The summed E-state index contributed by atoms with van der Waals surface area (Å²) < 4.78 is 32.2. The van der Waals surface area contributed by atoms with Gasteiger partial charge in [0.2, 0.25) is 10.0 Å². The van der Waals surface area contributed by atoms with E-state index < -0.39 is 16.0 Å². The third-order valence-electron chi connectivity index (χ3n) is 4.24. The Bertz CT molecular complexity index is 974. The highest BCUT2D eigenvalue weighted by atomic mass is 32.2. The molecule has 0 aliphatic heterocycles. The lowest BCUT2D eigenvalue weighted by Gasteiger charge is -2.20. The summed E-state index contributed by atoms with van der Waals surface area (Å²) in [5, 5.41) is 9.09. The van der Waals surface area contributed by atoms with Gasteiger partial charge in [0.25, 0.3) is 0 Å². The number of sulfonamides is 1. The zero-order valence-corrected chi connectivity index (χ0v) is 16.4. The fourth-order valence-corrected chi connectivity index (χ4v) is 4.40. The molecule has 27 heavy (non-hydrogen) atoms. The second-order valence-corrected chi connectivity index (χ2v) is 7.82. The standard InChI is InChI=1S/C20H22N2O4S/c1-4-22(5-2)27(24,25)19-12-16(11-10-15(19)3)20(23)26-14-18-9-7-6-8-17(18)13-21/h6-12H,4-5,14H2,1-3H3. The van der Waals surface area contributed by atoms with E-state index in [1.807, 2.05) is 6.07 Å². The van der Waals surface area contributed by atoms with Gasteiger partial charge in [0, 0.05) is 18.7 Å². The highest BCUT2D eigenvalue weighted by Gasteiger charge is 2.25. The summed E-state index contributed by atoms with van der Waals surface area (Å²) in [7, 11) is -3.68. The van der Waals surface area contributed by atoms with Crippen molar-refractivity contribution in [1.82, 2.24) is 4.31 Å². The number of rotatable bonds is 7. The third kappa shape index (κ3) is 4.54. The fourth-order valence-electron chi connectivity index (χ4n) is 2.69. The number of hydrogen-bond acceptors (Lipinski definition) is 5. The number of aryl methyl sites for hydroxylation is 1. The van der Waals surface area contributed by atoms with E-state index in [0.717, 1.165) is 0 Å². The molecular formula is C20H22N2O4S. The molecule has 7 heteroatoms. The first kappa shape index (κ1) is 20.6. The van der Waals surface area contributed by atoms with E-state index in [0.29, 0.717) is 29.8 Å². The Morgan fingerprint density at radius 2 is 1.81 bits per heavy atom. The van der Waals surface area contributed by atoms with Crippen molar-refractivity contribution in [2.24, 2.45) is 0 Å².